The van der Waals surface area contributed by atoms with Gasteiger partial charge in [-0.3, -0.25) is 4.79 Å². The number of amides is 1. The molecule has 0 saturated carbocycles. The minimum atomic E-state index is -0.537. The average molecular weight is 310 g/mol. The molecule has 0 bridgehead atoms. The molecule has 1 amide bonds. The van der Waals surface area contributed by atoms with E-state index in [9.17, 15) is 4.79 Å². The lowest BCUT2D eigenvalue weighted by molar-refractivity contribution is -0.123. The van der Waals surface area contributed by atoms with Crippen molar-refractivity contribution in [2.75, 3.05) is 11.1 Å². The van der Waals surface area contributed by atoms with Crippen LogP contribution in [-0.4, -0.2) is 12.0 Å². The van der Waals surface area contributed by atoms with Gasteiger partial charge in [0, 0.05) is 18.2 Å². The number of nitrogens with one attached hydrogen (secondary N) is 1. The van der Waals surface area contributed by atoms with Crippen LogP contribution in [0.1, 0.15) is 31.9 Å². The summed E-state index contributed by atoms with van der Waals surface area (Å²) in [5.41, 5.74) is 9.53. The smallest absolute Gasteiger partial charge is 0.265 e. The van der Waals surface area contributed by atoms with Crippen molar-refractivity contribution in [1.29, 1.82) is 0 Å². The van der Waals surface area contributed by atoms with Crippen molar-refractivity contribution in [1.82, 2.24) is 0 Å². The zero-order valence-electron chi connectivity index (χ0n) is 13.7. The Morgan fingerprint density at radius 1 is 1.13 bits per heavy atom. The Hall–Kier alpha value is -2.49. The fraction of sp³-hybridized carbons (Fsp3) is 0.316. The second kappa shape index (κ2) is 5.61. The van der Waals surface area contributed by atoms with E-state index in [1.165, 1.54) is 5.56 Å². The Balaban J connectivity index is 1.77. The van der Waals surface area contributed by atoms with Crippen LogP contribution >= 0.6 is 0 Å². The van der Waals surface area contributed by atoms with Gasteiger partial charge >= 0.3 is 0 Å². The Bertz CT molecular complexity index is 730. The number of benzene rings is 2. The van der Waals surface area contributed by atoms with Crippen molar-refractivity contribution in [2.24, 2.45) is 0 Å². The van der Waals surface area contributed by atoms with Crippen LogP contribution in [0.3, 0.4) is 0 Å². The summed E-state index contributed by atoms with van der Waals surface area (Å²) in [5.74, 6) is 0.503. The molecule has 4 nitrogen and oxygen atoms in total. The lowest BCUT2D eigenvalue weighted by atomic mass is 9.86. The Labute approximate surface area is 136 Å². The summed E-state index contributed by atoms with van der Waals surface area (Å²) in [4.78, 5) is 12.2. The largest absolute Gasteiger partial charge is 0.478 e. The maximum atomic E-state index is 12.2. The highest BCUT2D eigenvalue weighted by atomic mass is 16.5. The van der Waals surface area contributed by atoms with E-state index in [4.69, 9.17) is 10.5 Å². The quantitative estimate of drug-likeness (QED) is 0.834. The zero-order valence-corrected chi connectivity index (χ0v) is 13.7. The molecule has 4 heteroatoms. The van der Waals surface area contributed by atoms with Gasteiger partial charge in [0.05, 0.1) is 5.69 Å². The molecule has 0 radical (unpaired) electrons. The molecule has 1 aliphatic heterocycles. The number of hydrogen-bond acceptors (Lipinski definition) is 3. The summed E-state index contributed by atoms with van der Waals surface area (Å²) in [6, 6.07) is 13.6. The number of carbonyl (C=O) groups excluding carboxylic acids is 1. The summed E-state index contributed by atoms with van der Waals surface area (Å²) < 4.78 is 5.83. The van der Waals surface area contributed by atoms with Crippen LogP contribution in [0, 0.1) is 0 Å². The molecule has 1 atom stereocenters. The van der Waals surface area contributed by atoms with Crippen LogP contribution in [0.5, 0.6) is 5.75 Å². The first-order valence-electron chi connectivity index (χ1n) is 7.79. The Kier molecular flexibility index (Phi) is 3.76. The van der Waals surface area contributed by atoms with Gasteiger partial charge in [-0.15, -0.1) is 0 Å². The van der Waals surface area contributed by atoms with Crippen molar-refractivity contribution in [3.05, 3.63) is 53.6 Å². The summed E-state index contributed by atoms with van der Waals surface area (Å²) in [6.07, 6.45) is -0.00500. The fourth-order valence-electron chi connectivity index (χ4n) is 2.65. The van der Waals surface area contributed by atoms with E-state index in [-0.39, 0.29) is 11.3 Å². The molecule has 3 rings (SSSR count). The summed E-state index contributed by atoms with van der Waals surface area (Å²) >= 11 is 0. The molecule has 0 saturated heterocycles. The van der Waals surface area contributed by atoms with Crippen molar-refractivity contribution < 1.29 is 9.53 Å². The highest BCUT2D eigenvalue weighted by Gasteiger charge is 2.28. The predicted molar refractivity (Wildman–Crippen MR) is 92.7 cm³/mol. The van der Waals surface area contributed by atoms with Crippen LogP contribution in [0.25, 0.3) is 0 Å². The monoisotopic (exact) mass is 310 g/mol. The van der Waals surface area contributed by atoms with Gasteiger partial charge in [-0.05, 0) is 28.7 Å². The highest BCUT2D eigenvalue weighted by Crippen LogP contribution is 2.32. The fourth-order valence-corrected chi connectivity index (χ4v) is 2.65. The molecule has 0 fully saturated rings. The van der Waals surface area contributed by atoms with E-state index in [2.05, 4.69) is 50.4 Å². The van der Waals surface area contributed by atoms with E-state index in [1.807, 2.05) is 0 Å². The molecule has 120 valence electrons. The normalized spacial score (nSPS) is 17.2. The van der Waals surface area contributed by atoms with E-state index in [0.29, 0.717) is 23.5 Å². The number of rotatable bonds is 2. The summed E-state index contributed by atoms with van der Waals surface area (Å²) in [6.45, 7) is 6.54. The number of fused-ring (bicyclic) bond motifs is 1. The molecule has 3 N–H and O–H groups in total. The third-order valence-electron chi connectivity index (χ3n) is 4.07. The summed E-state index contributed by atoms with van der Waals surface area (Å²) in [7, 11) is 0. The van der Waals surface area contributed by atoms with E-state index in [1.54, 1.807) is 18.2 Å². The van der Waals surface area contributed by atoms with Crippen LogP contribution in [0.4, 0.5) is 11.4 Å². The molecular weight excluding hydrogens is 288 g/mol. The third kappa shape index (κ3) is 3.31. The van der Waals surface area contributed by atoms with Crippen molar-refractivity contribution in [2.45, 2.75) is 38.7 Å². The molecule has 2 aromatic carbocycles. The molecule has 23 heavy (non-hydrogen) atoms. The molecule has 2 aromatic rings. The van der Waals surface area contributed by atoms with Crippen LogP contribution in [0.2, 0.25) is 0 Å². The first kappa shape index (κ1) is 15.4. The first-order chi connectivity index (χ1) is 10.8. The zero-order chi connectivity index (χ0) is 16.6. The van der Waals surface area contributed by atoms with Gasteiger partial charge in [-0.25, -0.2) is 0 Å². The van der Waals surface area contributed by atoms with Crippen molar-refractivity contribution >= 4 is 17.3 Å². The maximum absolute atomic E-state index is 12.2. The van der Waals surface area contributed by atoms with Gasteiger partial charge < -0.3 is 15.8 Å². The second-order valence-electron chi connectivity index (χ2n) is 7.00. The van der Waals surface area contributed by atoms with Crippen LogP contribution < -0.4 is 15.8 Å². The Morgan fingerprint density at radius 3 is 2.48 bits per heavy atom. The molecule has 1 unspecified atom stereocenters. The van der Waals surface area contributed by atoms with Gasteiger partial charge in [0.1, 0.15) is 5.75 Å². The first-order valence-corrected chi connectivity index (χ1v) is 7.79. The van der Waals surface area contributed by atoms with E-state index in [0.717, 1.165) is 5.56 Å². The van der Waals surface area contributed by atoms with Gasteiger partial charge in [0.25, 0.3) is 5.91 Å². The highest BCUT2D eigenvalue weighted by molar-refractivity contribution is 5.98. The number of nitrogens with two attached hydrogens (primary N) is 1. The van der Waals surface area contributed by atoms with E-state index < -0.39 is 6.10 Å². The van der Waals surface area contributed by atoms with Gasteiger partial charge in [0.2, 0.25) is 0 Å². The lowest BCUT2D eigenvalue weighted by Crippen LogP contribution is -2.38. The molecule has 0 spiro atoms. The van der Waals surface area contributed by atoms with E-state index >= 15 is 0 Å². The SMILES string of the molecule is CC(C)(C)c1ccc(CC2Oc3cc(N)ccc3NC2=O)cc1. The lowest BCUT2D eigenvalue weighted by Gasteiger charge is -2.26. The second-order valence-corrected chi connectivity index (χ2v) is 7.00. The molecular formula is C19H22N2O2. The average Bonchev–Trinajstić information content (AvgIpc) is 2.48. The standard InChI is InChI=1S/C19H22N2O2/c1-19(2,3)13-6-4-12(5-7-13)10-17-18(22)21-15-9-8-14(20)11-16(15)23-17/h4-9,11,17H,10,20H2,1-3H3,(H,21,22). The maximum Gasteiger partial charge on any atom is 0.265 e. The molecule has 0 aliphatic carbocycles. The van der Waals surface area contributed by atoms with Gasteiger partial charge in [0.15, 0.2) is 6.10 Å². The molecule has 1 aliphatic rings. The number of nitrogen functional groups attached to an aromatic ring is 1. The minimum absolute atomic E-state index is 0.119. The van der Waals surface area contributed by atoms with Gasteiger partial charge in [-0.1, -0.05) is 45.0 Å². The summed E-state index contributed by atoms with van der Waals surface area (Å²) in [5, 5.41) is 2.87. The van der Waals surface area contributed by atoms with Crippen LogP contribution in [0.15, 0.2) is 42.5 Å². The number of hydrogen-bond donors (Lipinski definition) is 2. The number of carbonyl (C=O) groups is 1. The molecule has 1 heterocycles. The van der Waals surface area contributed by atoms with Crippen molar-refractivity contribution in [3.8, 4) is 5.75 Å². The predicted octanol–water partition coefficient (Wildman–Crippen LogP) is 3.51. The number of anilines is 2. The Morgan fingerprint density at radius 2 is 1.83 bits per heavy atom. The minimum Gasteiger partial charge on any atom is -0.478 e. The third-order valence-corrected chi connectivity index (χ3v) is 4.07. The van der Waals surface area contributed by atoms with Crippen LogP contribution in [-0.2, 0) is 16.6 Å². The van der Waals surface area contributed by atoms with Crippen molar-refractivity contribution in [3.63, 3.8) is 0 Å². The topological polar surface area (TPSA) is 64.3 Å². The number of ether oxygens (including phenoxy) is 1. The molecule has 0 aromatic heterocycles. The van der Waals surface area contributed by atoms with Gasteiger partial charge in [-0.2, -0.15) is 0 Å².